The maximum absolute atomic E-state index is 4.50. The van der Waals surface area contributed by atoms with Crippen LogP contribution in [0.15, 0.2) is 84.9 Å². The summed E-state index contributed by atoms with van der Waals surface area (Å²) < 4.78 is 0. The van der Waals surface area contributed by atoms with Gasteiger partial charge in [-0.25, -0.2) is 0 Å². The summed E-state index contributed by atoms with van der Waals surface area (Å²) in [5.41, 5.74) is 9.00. The van der Waals surface area contributed by atoms with Crippen molar-refractivity contribution in [2.24, 2.45) is 11.3 Å². The summed E-state index contributed by atoms with van der Waals surface area (Å²) in [6.45, 7) is 0. The second-order valence-electron chi connectivity index (χ2n) is 6.06. The lowest BCUT2D eigenvalue weighted by Gasteiger charge is -2.09. The Hall–Kier alpha value is -2.88. The van der Waals surface area contributed by atoms with Crippen molar-refractivity contribution in [1.29, 1.82) is 0 Å². The van der Waals surface area contributed by atoms with Crippen LogP contribution in [0.5, 0.6) is 0 Å². The molecule has 25 heavy (non-hydrogen) atoms. The third kappa shape index (κ3) is 2.74. The number of fused-ring (bicyclic) bond motifs is 6. The first-order valence-electron chi connectivity index (χ1n) is 8.30. The van der Waals surface area contributed by atoms with E-state index in [9.17, 15) is 0 Å². The number of hydrogen-bond donors (Lipinski definition) is 2. The number of hydrogen-bond acceptors (Lipinski definition) is 2. The molecule has 0 saturated carbocycles. The second kappa shape index (κ2) is 6.56. The predicted molar refractivity (Wildman–Crippen MR) is 111 cm³/mol. The molecule has 0 amide bonds. The zero-order valence-corrected chi connectivity index (χ0v) is 13.8. The molecule has 0 saturated heterocycles. The van der Waals surface area contributed by atoms with Gasteiger partial charge in [0.1, 0.15) is 0 Å². The quantitative estimate of drug-likeness (QED) is 0.246. The Labute approximate surface area is 147 Å². The van der Waals surface area contributed by atoms with Gasteiger partial charge in [-0.1, -0.05) is 72.8 Å². The van der Waals surface area contributed by atoms with Gasteiger partial charge in [-0.2, -0.15) is 0 Å². The summed E-state index contributed by atoms with van der Waals surface area (Å²) in [6, 6.07) is 30.8. The predicted octanol–water partition coefficient (Wildman–Crippen LogP) is 4.74. The van der Waals surface area contributed by atoms with Gasteiger partial charge in [0, 0.05) is 0 Å². The fourth-order valence-corrected chi connectivity index (χ4v) is 3.51. The molecule has 0 bridgehead atoms. The Morgan fingerprint density at radius 3 is 1.68 bits per heavy atom. The molecule has 3 heteroatoms. The van der Waals surface area contributed by atoms with Crippen LogP contribution in [0.25, 0.3) is 43.1 Å². The van der Waals surface area contributed by atoms with E-state index in [1.54, 1.807) is 0 Å². The van der Waals surface area contributed by atoms with Gasteiger partial charge in [-0.3, -0.25) is 0 Å². The Morgan fingerprint density at radius 1 is 0.440 bits per heavy atom. The summed E-state index contributed by atoms with van der Waals surface area (Å²) in [6.07, 6.45) is 0. The molecule has 5 aromatic carbocycles. The van der Waals surface area contributed by atoms with Gasteiger partial charge >= 0.3 is 7.55 Å². The van der Waals surface area contributed by atoms with Gasteiger partial charge in [-0.15, -0.1) is 0 Å². The van der Waals surface area contributed by atoms with E-state index in [-0.39, 0.29) is 0 Å². The molecule has 1 radical (unpaired) electrons. The molecule has 2 nitrogen and oxygen atoms in total. The average Bonchev–Trinajstić information content (AvgIpc) is 2.66. The molecule has 5 rings (SSSR count). The smallest absolute Gasteiger partial charge is 0.301 e. The Balaban J connectivity index is 0.000000490. The molecular weight excluding hydrogens is 303 g/mol. The van der Waals surface area contributed by atoms with Crippen molar-refractivity contribution in [1.82, 2.24) is 0 Å². The fourth-order valence-electron chi connectivity index (χ4n) is 3.51. The molecule has 4 N–H and O–H groups in total. The van der Waals surface area contributed by atoms with Gasteiger partial charge in [-0.05, 0) is 55.2 Å². The highest BCUT2D eigenvalue weighted by Gasteiger charge is 2.05. The molecule has 0 unspecified atom stereocenters. The monoisotopic (exact) mass is 321 g/mol. The highest BCUT2D eigenvalue weighted by atomic mass is 14.5. The molecular formula is C22H18BN2. The molecule has 5 aromatic rings. The van der Waals surface area contributed by atoms with Crippen LogP contribution in [0, 0.1) is 0 Å². The molecule has 0 atom stereocenters. The standard InChI is InChI=1S/C22H14.BH4N2/c1-2-7-17-14-22-18(13-16(17)6-1)10-12-20-19-8-4-3-5-15(19)9-11-21(20)22;2-1-3/h1-14H;2-3H2. The fraction of sp³-hybridized carbons (Fsp3) is 0. The maximum Gasteiger partial charge on any atom is 0.301 e. The normalized spacial score (nSPS) is 10.8. The molecule has 0 aromatic heterocycles. The maximum atomic E-state index is 4.50. The Kier molecular flexibility index (Phi) is 4.10. The van der Waals surface area contributed by atoms with Crippen LogP contribution in [-0.2, 0) is 0 Å². The highest BCUT2D eigenvalue weighted by molar-refractivity contribution is 6.26. The van der Waals surface area contributed by atoms with Crippen molar-refractivity contribution in [2.75, 3.05) is 0 Å². The number of nitrogens with two attached hydrogens (primary N) is 2. The summed E-state index contributed by atoms with van der Waals surface area (Å²) in [4.78, 5) is 0. The Morgan fingerprint density at radius 2 is 0.960 bits per heavy atom. The summed E-state index contributed by atoms with van der Waals surface area (Å²) in [5, 5.41) is 10.5. The molecule has 0 aliphatic rings. The van der Waals surface area contributed by atoms with Crippen molar-refractivity contribution in [3.05, 3.63) is 84.9 Å². The Bertz CT molecular complexity index is 1190. The third-order valence-corrected chi connectivity index (χ3v) is 4.61. The van der Waals surface area contributed by atoms with Crippen LogP contribution in [0.1, 0.15) is 0 Å². The molecule has 0 aliphatic carbocycles. The lowest BCUT2D eigenvalue weighted by atomic mass is 9.95. The number of benzene rings is 5. The first-order valence-corrected chi connectivity index (χ1v) is 8.30. The molecule has 0 spiro atoms. The lowest BCUT2D eigenvalue weighted by molar-refractivity contribution is 1.76. The van der Waals surface area contributed by atoms with Crippen molar-refractivity contribution in [2.45, 2.75) is 0 Å². The van der Waals surface area contributed by atoms with E-state index in [4.69, 9.17) is 0 Å². The second-order valence-corrected chi connectivity index (χ2v) is 6.06. The van der Waals surface area contributed by atoms with Crippen LogP contribution < -0.4 is 11.3 Å². The van der Waals surface area contributed by atoms with E-state index in [0.717, 1.165) is 7.55 Å². The van der Waals surface area contributed by atoms with Crippen LogP contribution in [0.4, 0.5) is 0 Å². The molecule has 0 heterocycles. The van der Waals surface area contributed by atoms with Gasteiger partial charge in [0.05, 0.1) is 0 Å². The van der Waals surface area contributed by atoms with Crippen molar-refractivity contribution in [3.63, 3.8) is 0 Å². The third-order valence-electron chi connectivity index (χ3n) is 4.61. The van der Waals surface area contributed by atoms with Crippen molar-refractivity contribution < 1.29 is 0 Å². The van der Waals surface area contributed by atoms with Crippen LogP contribution in [0.3, 0.4) is 0 Å². The lowest BCUT2D eigenvalue weighted by Crippen LogP contribution is -2.15. The highest BCUT2D eigenvalue weighted by Crippen LogP contribution is 2.33. The van der Waals surface area contributed by atoms with E-state index < -0.39 is 0 Å². The average molecular weight is 321 g/mol. The molecule has 0 fully saturated rings. The van der Waals surface area contributed by atoms with E-state index >= 15 is 0 Å². The van der Waals surface area contributed by atoms with Crippen molar-refractivity contribution in [3.8, 4) is 0 Å². The first-order chi connectivity index (χ1) is 12.3. The first kappa shape index (κ1) is 15.6. The van der Waals surface area contributed by atoms with Gasteiger partial charge < -0.3 is 11.3 Å². The van der Waals surface area contributed by atoms with Crippen LogP contribution in [-0.4, -0.2) is 7.55 Å². The zero-order chi connectivity index (χ0) is 17.2. The van der Waals surface area contributed by atoms with Crippen LogP contribution in [0.2, 0.25) is 0 Å². The summed E-state index contributed by atoms with van der Waals surface area (Å²) in [5.74, 6) is 0. The summed E-state index contributed by atoms with van der Waals surface area (Å²) >= 11 is 0. The van der Waals surface area contributed by atoms with Gasteiger partial charge in [0.25, 0.3) is 0 Å². The minimum absolute atomic E-state index is 1.00. The minimum Gasteiger partial charge on any atom is -0.360 e. The van der Waals surface area contributed by atoms with Crippen LogP contribution >= 0.6 is 0 Å². The van der Waals surface area contributed by atoms with Gasteiger partial charge in [0.2, 0.25) is 0 Å². The van der Waals surface area contributed by atoms with E-state index in [2.05, 4.69) is 96.2 Å². The minimum atomic E-state index is 1.00. The molecule has 0 aliphatic heterocycles. The topological polar surface area (TPSA) is 52.0 Å². The SMILES string of the molecule is N[B]N.c1ccc2cc3c(ccc4c5ccccc5ccc34)cc2c1. The zero-order valence-electron chi connectivity index (χ0n) is 13.8. The van der Waals surface area contributed by atoms with E-state index in [1.165, 1.54) is 43.1 Å². The summed E-state index contributed by atoms with van der Waals surface area (Å²) in [7, 11) is 1.00. The van der Waals surface area contributed by atoms with Gasteiger partial charge in [0.15, 0.2) is 0 Å². The van der Waals surface area contributed by atoms with E-state index in [0.29, 0.717) is 0 Å². The largest absolute Gasteiger partial charge is 0.360 e. The number of rotatable bonds is 0. The molecule has 119 valence electrons. The van der Waals surface area contributed by atoms with E-state index in [1.807, 2.05) is 0 Å². The van der Waals surface area contributed by atoms with Crippen molar-refractivity contribution >= 4 is 50.6 Å².